The van der Waals surface area contributed by atoms with E-state index >= 15 is 0 Å². The highest BCUT2D eigenvalue weighted by Gasteiger charge is 2.57. The van der Waals surface area contributed by atoms with Gasteiger partial charge in [0, 0.05) is 28.6 Å². The second kappa shape index (κ2) is 5.93. The number of nitrogens with one attached hydrogen (secondary N) is 1. The summed E-state index contributed by atoms with van der Waals surface area (Å²) >= 11 is 0. The van der Waals surface area contributed by atoms with Gasteiger partial charge in [-0.05, 0) is 50.8 Å². The van der Waals surface area contributed by atoms with Crippen LogP contribution >= 0.6 is 0 Å². The number of piperidine rings is 1. The first-order valence-corrected chi connectivity index (χ1v) is 10.2. The summed E-state index contributed by atoms with van der Waals surface area (Å²) in [4.78, 5) is 15.6. The Morgan fingerprint density at radius 3 is 2.89 bits per heavy atom. The number of fused-ring (bicyclic) bond motifs is 3. The number of rotatable bonds is 3. The number of benzene rings is 1. The molecule has 3 aliphatic heterocycles. The Hall–Kier alpha value is -2.14. The Balaban J connectivity index is 1.86. The molecule has 2 aromatic rings. The lowest BCUT2D eigenvalue weighted by Crippen LogP contribution is -2.58. The summed E-state index contributed by atoms with van der Waals surface area (Å²) in [7, 11) is 0. The van der Waals surface area contributed by atoms with Crippen LogP contribution in [0, 0.1) is 10.8 Å². The molecule has 3 aliphatic rings. The molecule has 1 aromatic carbocycles. The lowest BCUT2D eigenvalue weighted by atomic mass is 9.62. The number of carbonyl (C=O) groups is 1. The molecule has 0 amide bonds. The first-order chi connectivity index (χ1) is 13.1. The topological polar surface area (TPSA) is 58.3 Å². The largest absolute Gasteiger partial charge is 0.464 e. The zero-order valence-corrected chi connectivity index (χ0v) is 16.1. The van der Waals surface area contributed by atoms with Crippen LogP contribution in [0.3, 0.4) is 0 Å². The van der Waals surface area contributed by atoms with Crippen LogP contribution in [0.2, 0.25) is 0 Å². The number of para-hydroxylation sites is 1. The summed E-state index contributed by atoms with van der Waals surface area (Å²) in [6, 6.07) is 7.96. The number of ether oxygens (including phenoxy) is 1. The van der Waals surface area contributed by atoms with Crippen molar-refractivity contribution >= 4 is 22.6 Å². The molecule has 0 saturated carbocycles. The van der Waals surface area contributed by atoms with E-state index in [1.807, 2.05) is 13.0 Å². The average molecular weight is 365 g/mol. The van der Waals surface area contributed by atoms with E-state index in [2.05, 4.69) is 34.6 Å². The minimum Gasteiger partial charge on any atom is -0.464 e. The van der Waals surface area contributed by atoms with Gasteiger partial charge in [-0.3, -0.25) is 4.90 Å². The van der Waals surface area contributed by atoms with Gasteiger partial charge in [-0.15, -0.1) is 0 Å². The molecule has 142 valence electrons. The predicted octanol–water partition coefficient (Wildman–Crippen LogP) is 3.87. The fourth-order valence-electron chi connectivity index (χ4n) is 6.02. The Labute approximate surface area is 159 Å². The van der Waals surface area contributed by atoms with Gasteiger partial charge in [0.2, 0.25) is 0 Å². The summed E-state index contributed by atoms with van der Waals surface area (Å²) in [5, 5.41) is 10.5. The molecule has 0 spiro atoms. The van der Waals surface area contributed by atoms with Crippen molar-refractivity contribution in [3.63, 3.8) is 0 Å². The highest BCUT2D eigenvalue weighted by Crippen LogP contribution is 2.58. The molecule has 1 saturated heterocycles. The van der Waals surface area contributed by atoms with E-state index in [4.69, 9.17) is 4.74 Å². The van der Waals surface area contributed by atoms with Crippen molar-refractivity contribution in [2.45, 2.75) is 51.6 Å². The maximum absolute atomic E-state index is 13.1. The van der Waals surface area contributed by atoms with Crippen LogP contribution in [0.15, 0.2) is 24.3 Å². The molecular weight excluding hydrogens is 338 g/mol. The zero-order valence-electron chi connectivity index (χ0n) is 16.1. The van der Waals surface area contributed by atoms with Gasteiger partial charge in [-0.1, -0.05) is 25.1 Å². The smallest absolute Gasteiger partial charge is 0.335 e. The van der Waals surface area contributed by atoms with Crippen LogP contribution in [0.5, 0.6) is 0 Å². The standard InChI is InChI=1S/C22H27N3O2/c1-3-22-11-7-12-24-13-10-15-14-8-5-6-9-16(14)25(17(15)20(22)24)18(19(22)23)21(26)27-4-2/h5-6,8-9,18,20,23H,3-4,7,10-13H2,1-2H3. The number of hydrogen-bond acceptors (Lipinski definition) is 4. The van der Waals surface area contributed by atoms with Crippen LogP contribution in [-0.2, 0) is 16.0 Å². The number of carbonyl (C=O) groups excluding carboxylic acids is 1. The molecule has 1 N–H and O–H groups in total. The lowest BCUT2D eigenvalue weighted by Gasteiger charge is -2.56. The Kier molecular flexibility index (Phi) is 3.73. The fraction of sp³-hybridized carbons (Fsp3) is 0.545. The average Bonchev–Trinajstić information content (AvgIpc) is 3.02. The van der Waals surface area contributed by atoms with Crippen molar-refractivity contribution in [3.8, 4) is 0 Å². The molecule has 1 aromatic heterocycles. The molecular formula is C22H27N3O2. The fourth-order valence-corrected chi connectivity index (χ4v) is 6.02. The van der Waals surface area contributed by atoms with Gasteiger partial charge < -0.3 is 14.7 Å². The predicted molar refractivity (Wildman–Crippen MR) is 105 cm³/mol. The van der Waals surface area contributed by atoms with Gasteiger partial charge >= 0.3 is 5.97 Å². The molecule has 27 heavy (non-hydrogen) atoms. The van der Waals surface area contributed by atoms with Gasteiger partial charge in [-0.25, -0.2) is 4.79 Å². The lowest BCUT2D eigenvalue weighted by molar-refractivity contribution is -0.145. The Morgan fingerprint density at radius 1 is 1.30 bits per heavy atom. The third-order valence-electron chi connectivity index (χ3n) is 7.13. The van der Waals surface area contributed by atoms with Crippen LogP contribution in [0.1, 0.15) is 56.5 Å². The quantitative estimate of drug-likeness (QED) is 0.840. The number of nitrogens with zero attached hydrogens (tertiary/aromatic N) is 2. The summed E-state index contributed by atoms with van der Waals surface area (Å²) in [5.41, 5.74) is 4.03. The van der Waals surface area contributed by atoms with Gasteiger partial charge in [-0.2, -0.15) is 0 Å². The summed E-state index contributed by atoms with van der Waals surface area (Å²) < 4.78 is 7.62. The first kappa shape index (κ1) is 17.0. The van der Waals surface area contributed by atoms with E-state index in [0.29, 0.717) is 12.3 Å². The molecule has 3 unspecified atom stereocenters. The van der Waals surface area contributed by atoms with Crippen molar-refractivity contribution in [1.29, 1.82) is 5.41 Å². The SMILES string of the molecule is CCOC(=O)C1C(=N)C2(CC)CCCN3CCc4c(n1c1ccccc41)C32. The first-order valence-electron chi connectivity index (χ1n) is 10.2. The highest BCUT2D eigenvalue weighted by atomic mass is 16.5. The van der Waals surface area contributed by atoms with Crippen LogP contribution in [-0.4, -0.2) is 40.8 Å². The van der Waals surface area contributed by atoms with Gasteiger partial charge in [0.05, 0.1) is 18.4 Å². The van der Waals surface area contributed by atoms with Crippen LogP contribution in [0.4, 0.5) is 0 Å². The number of aromatic nitrogens is 1. The van der Waals surface area contributed by atoms with Crippen LogP contribution < -0.4 is 0 Å². The summed E-state index contributed by atoms with van der Waals surface area (Å²) in [5.74, 6) is -0.278. The molecule has 1 fully saturated rings. The summed E-state index contributed by atoms with van der Waals surface area (Å²) in [6.07, 6.45) is 3.99. The van der Waals surface area contributed by atoms with E-state index < -0.39 is 6.04 Å². The van der Waals surface area contributed by atoms with Crippen molar-refractivity contribution in [2.75, 3.05) is 19.7 Å². The van der Waals surface area contributed by atoms with Crippen LogP contribution in [0.25, 0.3) is 10.9 Å². The minimum atomic E-state index is -0.632. The second-order valence-corrected chi connectivity index (χ2v) is 8.12. The van der Waals surface area contributed by atoms with Crippen molar-refractivity contribution in [1.82, 2.24) is 9.47 Å². The Bertz CT molecular complexity index is 946. The molecule has 5 nitrogen and oxygen atoms in total. The maximum atomic E-state index is 13.1. The maximum Gasteiger partial charge on any atom is 0.335 e. The van der Waals surface area contributed by atoms with E-state index in [-0.39, 0.29) is 17.4 Å². The monoisotopic (exact) mass is 365 g/mol. The Morgan fingerprint density at radius 2 is 2.11 bits per heavy atom. The molecule has 0 aliphatic carbocycles. The van der Waals surface area contributed by atoms with E-state index in [1.54, 1.807) is 0 Å². The zero-order chi connectivity index (χ0) is 18.8. The third-order valence-corrected chi connectivity index (χ3v) is 7.13. The minimum absolute atomic E-state index is 0.213. The van der Waals surface area contributed by atoms with Gasteiger partial charge in [0.25, 0.3) is 0 Å². The highest BCUT2D eigenvalue weighted by molar-refractivity contribution is 6.09. The molecule has 3 atom stereocenters. The number of hydrogen-bond donors (Lipinski definition) is 1. The van der Waals surface area contributed by atoms with E-state index in [1.165, 1.54) is 16.6 Å². The van der Waals surface area contributed by atoms with Crippen molar-refractivity contribution in [3.05, 3.63) is 35.5 Å². The molecule has 5 rings (SSSR count). The molecule has 4 heterocycles. The molecule has 0 bridgehead atoms. The van der Waals surface area contributed by atoms with E-state index in [9.17, 15) is 10.2 Å². The normalized spacial score (nSPS) is 29.6. The summed E-state index contributed by atoms with van der Waals surface area (Å²) in [6.45, 7) is 6.51. The van der Waals surface area contributed by atoms with E-state index in [0.717, 1.165) is 44.3 Å². The van der Waals surface area contributed by atoms with Gasteiger partial charge in [0.1, 0.15) is 0 Å². The van der Waals surface area contributed by atoms with Crippen molar-refractivity contribution < 1.29 is 9.53 Å². The second-order valence-electron chi connectivity index (χ2n) is 8.12. The van der Waals surface area contributed by atoms with Crippen molar-refractivity contribution in [2.24, 2.45) is 5.41 Å². The molecule has 0 radical (unpaired) electrons. The molecule has 5 heteroatoms. The number of esters is 1. The third kappa shape index (κ3) is 2.03. The van der Waals surface area contributed by atoms with Gasteiger partial charge in [0.15, 0.2) is 6.04 Å².